The molecule has 1 fully saturated rings. The standard InChI is InChI=1S/C15H21N5OS/c1-3-5-12-6-4-7-16-13(12)19-8-10-20(11-9-19)14-15(21-2)18-22-17-14/h4,6-7H,3,5,8-11H2,1-2H3. The van der Waals surface area contributed by atoms with Crippen LogP contribution in [0.1, 0.15) is 18.9 Å². The fraction of sp³-hybridized carbons (Fsp3) is 0.533. The minimum atomic E-state index is 0.628. The van der Waals surface area contributed by atoms with Gasteiger partial charge < -0.3 is 14.5 Å². The van der Waals surface area contributed by atoms with E-state index in [1.54, 1.807) is 7.11 Å². The Hall–Kier alpha value is -1.89. The van der Waals surface area contributed by atoms with Crippen molar-refractivity contribution >= 4 is 23.4 Å². The molecule has 0 unspecified atom stereocenters. The number of pyridine rings is 1. The largest absolute Gasteiger partial charge is 0.478 e. The lowest BCUT2D eigenvalue weighted by atomic mass is 10.1. The summed E-state index contributed by atoms with van der Waals surface area (Å²) >= 11 is 1.20. The third-order valence-corrected chi connectivity index (χ3v) is 4.40. The number of rotatable bonds is 5. The van der Waals surface area contributed by atoms with Gasteiger partial charge in [0.15, 0.2) is 0 Å². The maximum Gasteiger partial charge on any atom is 0.270 e. The lowest BCUT2D eigenvalue weighted by Crippen LogP contribution is -2.47. The number of ether oxygens (including phenoxy) is 1. The van der Waals surface area contributed by atoms with Gasteiger partial charge in [0.05, 0.1) is 18.8 Å². The molecule has 2 aromatic heterocycles. The van der Waals surface area contributed by atoms with E-state index in [2.05, 4.69) is 36.5 Å². The van der Waals surface area contributed by atoms with Gasteiger partial charge in [0, 0.05) is 32.4 Å². The third kappa shape index (κ3) is 2.99. The first kappa shape index (κ1) is 15.0. The molecule has 0 aromatic carbocycles. The summed E-state index contributed by atoms with van der Waals surface area (Å²) < 4.78 is 13.8. The van der Waals surface area contributed by atoms with Crippen LogP contribution in [0.3, 0.4) is 0 Å². The Balaban J connectivity index is 1.69. The van der Waals surface area contributed by atoms with Crippen LogP contribution in [0.2, 0.25) is 0 Å². The van der Waals surface area contributed by atoms with E-state index >= 15 is 0 Å². The molecule has 0 atom stereocenters. The molecule has 0 radical (unpaired) electrons. The van der Waals surface area contributed by atoms with E-state index in [0.717, 1.165) is 50.7 Å². The number of aryl methyl sites for hydroxylation is 1. The zero-order valence-electron chi connectivity index (χ0n) is 13.0. The Morgan fingerprint density at radius 1 is 1.14 bits per heavy atom. The highest BCUT2D eigenvalue weighted by atomic mass is 32.1. The summed E-state index contributed by atoms with van der Waals surface area (Å²) in [5, 5.41) is 0. The molecule has 2 aromatic rings. The van der Waals surface area contributed by atoms with E-state index in [1.165, 1.54) is 17.3 Å². The summed E-state index contributed by atoms with van der Waals surface area (Å²) in [4.78, 5) is 9.21. The summed E-state index contributed by atoms with van der Waals surface area (Å²) in [5.74, 6) is 2.62. The normalized spacial score (nSPS) is 15.2. The average molecular weight is 319 g/mol. The first-order valence-corrected chi connectivity index (χ1v) is 8.36. The molecule has 3 heterocycles. The Labute approximate surface area is 135 Å². The van der Waals surface area contributed by atoms with E-state index in [4.69, 9.17) is 4.74 Å². The molecule has 1 saturated heterocycles. The van der Waals surface area contributed by atoms with Gasteiger partial charge in [-0.3, -0.25) is 0 Å². The maximum atomic E-state index is 5.27. The van der Waals surface area contributed by atoms with Crippen LogP contribution in [0.25, 0.3) is 0 Å². The van der Waals surface area contributed by atoms with Crippen LogP contribution in [-0.4, -0.2) is 47.0 Å². The number of piperazine rings is 1. The van der Waals surface area contributed by atoms with Crippen LogP contribution in [0, 0.1) is 0 Å². The van der Waals surface area contributed by atoms with Crippen molar-refractivity contribution in [3.63, 3.8) is 0 Å². The summed E-state index contributed by atoms with van der Waals surface area (Å²) in [6.45, 7) is 5.90. The van der Waals surface area contributed by atoms with Crippen molar-refractivity contribution in [3.8, 4) is 5.88 Å². The van der Waals surface area contributed by atoms with Gasteiger partial charge in [-0.25, -0.2) is 4.98 Å². The van der Waals surface area contributed by atoms with Crippen LogP contribution >= 0.6 is 11.7 Å². The quantitative estimate of drug-likeness (QED) is 0.842. The van der Waals surface area contributed by atoms with Gasteiger partial charge in [0.1, 0.15) is 5.82 Å². The Kier molecular flexibility index (Phi) is 4.72. The molecule has 1 aliphatic rings. The highest BCUT2D eigenvalue weighted by molar-refractivity contribution is 6.99. The van der Waals surface area contributed by atoms with Gasteiger partial charge in [-0.15, -0.1) is 4.37 Å². The smallest absolute Gasteiger partial charge is 0.270 e. The van der Waals surface area contributed by atoms with Gasteiger partial charge in [0.25, 0.3) is 5.88 Å². The second kappa shape index (κ2) is 6.91. The molecule has 7 heteroatoms. The number of methoxy groups -OCH3 is 1. The second-order valence-electron chi connectivity index (χ2n) is 5.31. The summed E-state index contributed by atoms with van der Waals surface area (Å²) in [7, 11) is 1.64. The van der Waals surface area contributed by atoms with Crippen LogP contribution in [0.4, 0.5) is 11.6 Å². The molecule has 118 valence electrons. The minimum Gasteiger partial charge on any atom is -0.478 e. The molecule has 3 rings (SSSR count). The van der Waals surface area contributed by atoms with Crippen molar-refractivity contribution in [1.29, 1.82) is 0 Å². The number of anilines is 2. The second-order valence-corrected chi connectivity index (χ2v) is 5.84. The zero-order chi connectivity index (χ0) is 15.4. The molecular formula is C15H21N5OS. The predicted molar refractivity (Wildman–Crippen MR) is 89.1 cm³/mol. The molecule has 0 saturated carbocycles. The highest BCUT2D eigenvalue weighted by Crippen LogP contribution is 2.27. The fourth-order valence-electron chi connectivity index (χ4n) is 2.81. The number of hydrogen-bond donors (Lipinski definition) is 0. The highest BCUT2D eigenvalue weighted by Gasteiger charge is 2.24. The van der Waals surface area contributed by atoms with Crippen molar-refractivity contribution in [2.75, 3.05) is 43.1 Å². The molecule has 0 bridgehead atoms. The fourth-order valence-corrected chi connectivity index (χ4v) is 3.35. The lowest BCUT2D eigenvalue weighted by Gasteiger charge is -2.36. The minimum absolute atomic E-state index is 0.628. The number of hydrogen-bond acceptors (Lipinski definition) is 7. The molecule has 0 spiro atoms. The predicted octanol–water partition coefficient (Wildman–Crippen LogP) is 2.22. The van der Waals surface area contributed by atoms with Gasteiger partial charge in [-0.05, 0) is 18.1 Å². The van der Waals surface area contributed by atoms with Crippen LogP contribution in [0.15, 0.2) is 18.3 Å². The van der Waals surface area contributed by atoms with Crippen LogP contribution < -0.4 is 14.5 Å². The maximum absolute atomic E-state index is 5.27. The zero-order valence-corrected chi connectivity index (χ0v) is 13.8. The molecule has 1 aliphatic heterocycles. The number of nitrogens with zero attached hydrogens (tertiary/aromatic N) is 5. The average Bonchev–Trinajstić information content (AvgIpc) is 3.04. The van der Waals surface area contributed by atoms with Crippen molar-refractivity contribution < 1.29 is 4.74 Å². The van der Waals surface area contributed by atoms with Gasteiger partial charge in [-0.2, -0.15) is 4.37 Å². The van der Waals surface area contributed by atoms with Gasteiger partial charge in [-0.1, -0.05) is 19.4 Å². The Bertz CT molecular complexity index is 609. The molecule has 0 aliphatic carbocycles. The molecule has 0 N–H and O–H groups in total. The van der Waals surface area contributed by atoms with E-state index in [9.17, 15) is 0 Å². The first-order valence-electron chi connectivity index (χ1n) is 7.63. The van der Waals surface area contributed by atoms with Crippen molar-refractivity contribution in [1.82, 2.24) is 13.7 Å². The monoisotopic (exact) mass is 319 g/mol. The SMILES string of the molecule is CCCc1cccnc1N1CCN(c2nsnc2OC)CC1. The summed E-state index contributed by atoms with van der Waals surface area (Å²) in [6.07, 6.45) is 4.10. The van der Waals surface area contributed by atoms with Crippen molar-refractivity contribution in [2.45, 2.75) is 19.8 Å². The molecule has 22 heavy (non-hydrogen) atoms. The molecular weight excluding hydrogens is 298 g/mol. The van der Waals surface area contributed by atoms with Crippen molar-refractivity contribution in [2.24, 2.45) is 0 Å². The van der Waals surface area contributed by atoms with Gasteiger partial charge in [0.2, 0.25) is 5.82 Å². The van der Waals surface area contributed by atoms with Crippen molar-refractivity contribution in [3.05, 3.63) is 23.9 Å². The first-order chi connectivity index (χ1) is 10.8. The number of aromatic nitrogens is 3. The van der Waals surface area contributed by atoms with E-state index in [1.807, 2.05) is 12.3 Å². The Morgan fingerprint density at radius 3 is 2.55 bits per heavy atom. The molecule has 0 amide bonds. The van der Waals surface area contributed by atoms with E-state index < -0.39 is 0 Å². The summed E-state index contributed by atoms with van der Waals surface area (Å²) in [5.41, 5.74) is 1.34. The van der Waals surface area contributed by atoms with Gasteiger partial charge >= 0.3 is 0 Å². The summed E-state index contributed by atoms with van der Waals surface area (Å²) in [6, 6.07) is 4.21. The van der Waals surface area contributed by atoms with E-state index in [0.29, 0.717) is 5.88 Å². The Morgan fingerprint density at radius 2 is 1.86 bits per heavy atom. The third-order valence-electron chi connectivity index (χ3n) is 3.90. The molecule has 6 nitrogen and oxygen atoms in total. The van der Waals surface area contributed by atoms with Crippen LogP contribution in [-0.2, 0) is 6.42 Å². The van der Waals surface area contributed by atoms with Crippen LogP contribution in [0.5, 0.6) is 5.88 Å². The lowest BCUT2D eigenvalue weighted by molar-refractivity contribution is 0.400. The van der Waals surface area contributed by atoms with E-state index in [-0.39, 0.29) is 0 Å². The topological polar surface area (TPSA) is 54.4 Å².